The van der Waals surface area contributed by atoms with E-state index in [0.29, 0.717) is 11.3 Å². The molecule has 1 aromatic carbocycles. The molecule has 0 heterocycles. The number of carbonyl (C=O) groups excluding carboxylic acids is 1. The molecule has 1 aliphatic carbocycles. The Morgan fingerprint density at radius 3 is 2.73 bits per heavy atom. The maximum absolute atomic E-state index is 11.5. The number of fused-ring (bicyclic) bond motifs is 1. The number of aliphatic hydroxyl groups is 1. The number of benzene rings is 1. The van der Waals surface area contributed by atoms with E-state index in [1.54, 1.807) is 31.4 Å². The normalized spacial score (nSPS) is 23.8. The summed E-state index contributed by atoms with van der Waals surface area (Å²) in [5.74, 6) is 0.420. The molecule has 0 amide bonds. The number of hydrogen-bond donors (Lipinski definition) is 1. The molecule has 3 nitrogen and oxygen atoms in total. The molecular weight excluding hydrogens is 192 g/mol. The van der Waals surface area contributed by atoms with Gasteiger partial charge < -0.3 is 9.84 Å². The average molecular weight is 204 g/mol. The first-order valence-corrected chi connectivity index (χ1v) is 4.69. The average Bonchev–Trinajstić information content (AvgIpc) is 2.23. The first kappa shape index (κ1) is 9.93. The van der Waals surface area contributed by atoms with Crippen LogP contribution in [-0.2, 0) is 10.4 Å². The molecule has 0 radical (unpaired) electrons. The molecule has 3 heteroatoms. The molecule has 0 aromatic heterocycles. The van der Waals surface area contributed by atoms with E-state index < -0.39 is 5.60 Å². The highest BCUT2D eigenvalue weighted by molar-refractivity contribution is 6.03. The van der Waals surface area contributed by atoms with Crippen LogP contribution in [0.3, 0.4) is 0 Å². The van der Waals surface area contributed by atoms with Crippen molar-refractivity contribution in [1.29, 1.82) is 0 Å². The zero-order chi connectivity index (χ0) is 11.1. The molecule has 1 aromatic rings. The monoisotopic (exact) mass is 204 g/mol. The molecular formula is C12H12O3. The van der Waals surface area contributed by atoms with Crippen LogP contribution in [0.2, 0.25) is 0 Å². The third kappa shape index (κ3) is 1.45. The van der Waals surface area contributed by atoms with Crippen molar-refractivity contribution in [3.8, 4) is 5.75 Å². The maximum Gasteiger partial charge on any atom is 0.191 e. The first-order valence-electron chi connectivity index (χ1n) is 4.69. The minimum atomic E-state index is -1.42. The van der Waals surface area contributed by atoms with Crippen molar-refractivity contribution in [2.75, 3.05) is 7.11 Å². The van der Waals surface area contributed by atoms with E-state index in [1.165, 1.54) is 13.0 Å². The molecule has 0 fully saturated rings. The highest BCUT2D eigenvalue weighted by Crippen LogP contribution is 2.32. The molecule has 0 bridgehead atoms. The molecule has 0 saturated carbocycles. The summed E-state index contributed by atoms with van der Waals surface area (Å²) in [6.45, 7) is 1.50. The molecule has 1 atom stereocenters. The van der Waals surface area contributed by atoms with E-state index in [9.17, 15) is 9.90 Å². The Hall–Kier alpha value is -1.61. The summed E-state index contributed by atoms with van der Waals surface area (Å²) in [6, 6.07) is 5.25. The van der Waals surface area contributed by atoms with Crippen molar-refractivity contribution in [2.45, 2.75) is 12.5 Å². The van der Waals surface area contributed by atoms with Gasteiger partial charge in [0.05, 0.1) is 7.11 Å². The molecule has 78 valence electrons. The van der Waals surface area contributed by atoms with Gasteiger partial charge >= 0.3 is 0 Å². The number of methoxy groups -OCH3 is 1. The summed E-state index contributed by atoms with van der Waals surface area (Å²) in [5, 5.41) is 10.0. The molecule has 0 saturated heterocycles. The summed E-state index contributed by atoms with van der Waals surface area (Å²) >= 11 is 0. The van der Waals surface area contributed by atoms with Gasteiger partial charge in [-0.3, -0.25) is 4.79 Å². The standard InChI is InChI=1S/C12H12O3/c1-12(14)10-5-4-9(15-2)7-8(10)3-6-11(12)13/h3-7,14H,1-2H3. The van der Waals surface area contributed by atoms with Crippen LogP contribution in [0, 0.1) is 0 Å². The van der Waals surface area contributed by atoms with Gasteiger partial charge in [0.15, 0.2) is 5.78 Å². The highest BCUT2D eigenvalue weighted by Gasteiger charge is 2.34. The number of rotatable bonds is 1. The van der Waals surface area contributed by atoms with Crippen molar-refractivity contribution < 1.29 is 14.6 Å². The second kappa shape index (κ2) is 3.21. The quantitative estimate of drug-likeness (QED) is 0.754. The molecule has 0 spiro atoms. The highest BCUT2D eigenvalue weighted by atomic mass is 16.5. The van der Waals surface area contributed by atoms with E-state index in [0.717, 1.165) is 5.56 Å². The fraction of sp³-hybridized carbons (Fsp3) is 0.250. The summed E-state index contributed by atoms with van der Waals surface area (Å²) < 4.78 is 5.07. The fourth-order valence-electron chi connectivity index (χ4n) is 1.71. The Balaban J connectivity index is 2.60. The van der Waals surface area contributed by atoms with Crippen LogP contribution in [0.25, 0.3) is 6.08 Å². The Kier molecular flexibility index (Phi) is 2.12. The number of hydrogen-bond acceptors (Lipinski definition) is 3. The predicted octanol–water partition coefficient (Wildman–Crippen LogP) is 1.50. The second-order valence-electron chi connectivity index (χ2n) is 3.72. The van der Waals surface area contributed by atoms with Crippen molar-refractivity contribution in [1.82, 2.24) is 0 Å². The number of ketones is 1. The Morgan fingerprint density at radius 2 is 2.07 bits per heavy atom. The Labute approximate surface area is 88.0 Å². The van der Waals surface area contributed by atoms with Gasteiger partial charge in [-0.15, -0.1) is 0 Å². The number of carbonyl (C=O) groups is 1. The summed E-state index contributed by atoms with van der Waals surface area (Å²) in [4.78, 5) is 11.5. The summed E-state index contributed by atoms with van der Waals surface area (Å²) in [7, 11) is 1.58. The Morgan fingerprint density at radius 1 is 1.33 bits per heavy atom. The van der Waals surface area contributed by atoms with Crippen molar-refractivity contribution in [3.05, 3.63) is 35.4 Å². The van der Waals surface area contributed by atoms with Crippen LogP contribution >= 0.6 is 0 Å². The minimum Gasteiger partial charge on any atom is -0.497 e. The lowest BCUT2D eigenvalue weighted by molar-refractivity contribution is -0.131. The zero-order valence-electron chi connectivity index (χ0n) is 8.65. The molecule has 1 N–H and O–H groups in total. The van der Waals surface area contributed by atoms with Gasteiger partial charge in [0.1, 0.15) is 11.4 Å². The molecule has 0 aliphatic heterocycles. The van der Waals surface area contributed by atoms with Crippen molar-refractivity contribution >= 4 is 11.9 Å². The van der Waals surface area contributed by atoms with Crippen molar-refractivity contribution in [2.24, 2.45) is 0 Å². The van der Waals surface area contributed by atoms with Gasteiger partial charge in [-0.05, 0) is 36.3 Å². The summed E-state index contributed by atoms with van der Waals surface area (Å²) in [5.41, 5.74) is 0.0193. The lowest BCUT2D eigenvalue weighted by Crippen LogP contribution is -2.33. The van der Waals surface area contributed by atoms with Crippen LogP contribution in [-0.4, -0.2) is 18.0 Å². The van der Waals surface area contributed by atoms with E-state index in [1.807, 2.05) is 0 Å². The van der Waals surface area contributed by atoms with Gasteiger partial charge in [0.25, 0.3) is 0 Å². The van der Waals surface area contributed by atoms with Crippen LogP contribution in [0.4, 0.5) is 0 Å². The predicted molar refractivity (Wildman–Crippen MR) is 56.6 cm³/mol. The molecule has 15 heavy (non-hydrogen) atoms. The van der Waals surface area contributed by atoms with E-state index in [4.69, 9.17) is 4.74 Å². The third-order valence-electron chi connectivity index (χ3n) is 2.68. The lowest BCUT2D eigenvalue weighted by Gasteiger charge is -2.26. The second-order valence-corrected chi connectivity index (χ2v) is 3.72. The van der Waals surface area contributed by atoms with E-state index in [-0.39, 0.29) is 5.78 Å². The SMILES string of the molecule is COc1ccc2c(c1)C=CC(=O)C2(C)O. The topological polar surface area (TPSA) is 46.5 Å². The van der Waals surface area contributed by atoms with Gasteiger partial charge in [-0.2, -0.15) is 0 Å². The van der Waals surface area contributed by atoms with Gasteiger partial charge in [0, 0.05) is 0 Å². The first-order chi connectivity index (χ1) is 7.05. The smallest absolute Gasteiger partial charge is 0.191 e. The van der Waals surface area contributed by atoms with Crippen LogP contribution in [0.15, 0.2) is 24.3 Å². The largest absolute Gasteiger partial charge is 0.497 e. The number of ether oxygens (including phenoxy) is 1. The summed E-state index contributed by atoms with van der Waals surface area (Å²) in [6.07, 6.45) is 3.08. The fourth-order valence-corrected chi connectivity index (χ4v) is 1.71. The molecule has 1 unspecified atom stereocenters. The minimum absolute atomic E-state index is 0.292. The van der Waals surface area contributed by atoms with Crippen LogP contribution in [0.5, 0.6) is 5.75 Å². The van der Waals surface area contributed by atoms with Crippen LogP contribution in [0.1, 0.15) is 18.1 Å². The zero-order valence-corrected chi connectivity index (χ0v) is 8.65. The van der Waals surface area contributed by atoms with Crippen LogP contribution < -0.4 is 4.74 Å². The van der Waals surface area contributed by atoms with Gasteiger partial charge in [-0.25, -0.2) is 0 Å². The van der Waals surface area contributed by atoms with Gasteiger partial charge in [0.2, 0.25) is 0 Å². The van der Waals surface area contributed by atoms with E-state index >= 15 is 0 Å². The van der Waals surface area contributed by atoms with Gasteiger partial charge in [-0.1, -0.05) is 12.1 Å². The van der Waals surface area contributed by atoms with Crippen molar-refractivity contribution in [3.63, 3.8) is 0 Å². The molecule has 2 rings (SSSR count). The Bertz CT molecular complexity index is 444. The maximum atomic E-state index is 11.5. The molecule has 1 aliphatic rings. The third-order valence-corrected chi connectivity index (χ3v) is 2.68. The lowest BCUT2D eigenvalue weighted by atomic mass is 9.83. The van der Waals surface area contributed by atoms with E-state index in [2.05, 4.69) is 0 Å².